The first-order valence-electron chi connectivity index (χ1n) is 4.42. The van der Waals surface area contributed by atoms with Gasteiger partial charge in [-0.3, -0.25) is 4.55 Å². The minimum Gasteiger partial charge on any atom is -0.283 e. The summed E-state index contributed by atoms with van der Waals surface area (Å²) in [5, 5.41) is 0. The summed E-state index contributed by atoms with van der Waals surface area (Å²) in [7, 11) is -4.70. The van der Waals surface area contributed by atoms with Crippen LogP contribution in [0.1, 0.15) is 6.92 Å². The van der Waals surface area contributed by atoms with Crippen LogP contribution in [-0.4, -0.2) is 30.0 Å². The molecule has 0 amide bonds. The lowest BCUT2D eigenvalue weighted by Gasteiger charge is -2.29. The minimum absolute atomic E-state index is 0. The molecule has 9 heteroatoms. The molecule has 0 aromatic carbocycles. The zero-order valence-electron chi connectivity index (χ0n) is 9.10. The molecule has 0 saturated carbocycles. The van der Waals surface area contributed by atoms with Crippen molar-refractivity contribution in [1.82, 2.24) is 0 Å². The minimum atomic E-state index is -4.70. The van der Waals surface area contributed by atoms with E-state index < -0.39 is 20.9 Å². The van der Waals surface area contributed by atoms with Crippen LogP contribution in [-0.2, 0) is 19.7 Å². The summed E-state index contributed by atoms with van der Waals surface area (Å²) >= 11 is 0. The van der Waals surface area contributed by atoms with Crippen LogP contribution < -0.4 is 0 Å². The maximum absolute atomic E-state index is 11.3. The molecule has 18 heavy (non-hydrogen) atoms. The number of carbonyl (C=O) groups excluding carboxylic acids is 2. The lowest BCUT2D eigenvalue weighted by molar-refractivity contribution is 0.408. The van der Waals surface area contributed by atoms with Gasteiger partial charge in [0.05, 0.1) is 5.70 Å². The van der Waals surface area contributed by atoms with Crippen LogP contribution in [0.15, 0.2) is 33.9 Å². The average Bonchev–Trinajstić information content (AvgIpc) is 2.23. The van der Waals surface area contributed by atoms with Crippen LogP contribution in [0.25, 0.3) is 0 Å². The van der Waals surface area contributed by atoms with Gasteiger partial charge in [0.2, 0.25) is 17.0 Å². The van der Waals surface area contributed by atoms with Crippen molar-refractivity contribution in [3.8, 4) is 0 Å². The normalized spacial score (nSPS) is 26.1. The van der Waals surface area contributed by atoms with Crippen molar-refractivity contribution in [1.29, 1.82) is 0 Å². The molecular formula is C9H9ClN2O5S. The van der Waals surface area contributed by atoms with E-state index in [4.69, 9.17) is 4.55 Å². The van der Waals surface area contributed by atoms with Gasteiger partial charge in [-0.05, 0) is 12.2 Å². The summed E-state index contributed by atoms with van der Waals surface area (Å²) < 4.78 is 31.8. The monoisotopic (exact) mass is 292 g/mol. The van der Waals surface area contributed by atoms with Crippen LogP contribution in [0.3, 0.4) is 0 Å². The Balaban J connectivity index is 0.00000289. The Bertz CT molecular complexity index is 584. The highest BCUT2D eigenvalue weighted by atomic mass is 35.5. The van der Waals surface area contributed by atoms with E-state index >= 15 is 0 Å². The van der Waals surface area contributed by atoms with E-state index in [1.807, 2.05) is 0 Å². The topological polar surface area (TPSA) is 113 Å². The lowest BCUT2D eigenvalue weighted by Crippen LogP contribution is -2.42. The third-order valence-corrected chi connectivity index (χ3v) is 3.88. The molecule has 7 nitrogen and oxygen atoms in total. The number of aliphatic imine (C=N–C) groups is 2. The van der Waals surface area contributed by atoms with Gasteiger partial charge >= 0.3 is 0 Å². The molecule has 0 bridgehead atoms. The highest BCUT2D eigenvalue weighted by Crippen LogP contribution is 2.37. The average molecular weight is 293 g/mol. The molecule has 1 aliphatic carbocycles. The summed E-state index contributed by atoms with van der Waals surface area (Å²) in [6.45, 7) is 1.35. The van der Waals surface area contributed by atoms with Crippen LogP contribution in [0, 0.1) is 5.92 Å². The Morgan fingerprint density at radius 2 is 2.00 bits per heavy atom. The number of hydrogen-bond donors (Lipinski definition) is 1. The van der Waals surface area contributed by atoms with Gasteiger partial charge in [-0.1, -0.05) is 13.0 Å². The van der Waals surface area contributed by atoms with E-state index in [1.165, 1.54) is 25.2 Å². The Morgan fingerprint density at radius 1 is 1.39 bits per heavy atom. The van der Waals surface area contributed by atoms with Crippen LogP contribution in [0.4, 0.5) is 0 Å². The van der Waals surface area contributed by atoms with E-state index in [9.17, 15) is 18.0 Å². The fourth-order valence-corrected chi connectivity index (χ4v) is 2.52. The van der Waals surface area contributed by atoms with Gasteiger partial charge in [0.25, 0.3) is 10.1 Å². The molecular weight excluding hydrogens is 284 g/mol. The first-order valence-corrected chi connectivity index (χ1v) is 5.86. The molecule has 0 saturated heterocycles. The molecule has 0 heterocycles. The fourth-order valence-electron chi connectivity index (χ4n) is 1.54. The molecule has 1 N–H and O–H groups in total. The summed E-state index contributed by atoms with van der Waals surface area (Å²) in [6, 6.07) is 0. The lowest BCUT2D eigenvalue weighted by atomic mass is 9.93. The van der Waals surface area contributed by atoms with Gasteiger partial charge in [-0.2, -0.15) is 18.4 Å². The predicted molar refractivity (Wildman–Crippen MR) is 64.2 cm³/mol. The Morgan fingerprint density at radius 3 is 2.44 bits per heavy atom. The van der Waals surface area contributed by atoms with Gasteiger partial charge in [0, 0.05) is 5.92 Å². The van der Waals surface area contributed by atoms with Gasteiger partial charge in [-0.15, -0.1) is 12.4 Å². The molecule has 0 aromatic heterocycles. The third kappa shape index (κ3) is 2.64. The highest BCUT2D eigenvalue weighted by Gasteiger charge is 2.49. The summed E-state index contributed by atoms with van der Waals surface area (Å²) in [5.74, 6) is -1.01. The Labute approximate surface area is 109 Å². The SMILES string of the molecule is CC1C(N=C=O)=CC=CC1(N=C=O)S(=O)(=O)O.Cl. The Kier molecular flexibility index (Phi) is 5.35. The van der Waals surface area contributed by atoms with E-state index in [-0.39, 0.29) is 18.1 Å². The molecule has 98 valence electrons. The van der Waals surface area contributed by atoms with E-state index in [0.717, 1.165) is 12.2 Å². The van der Waals surface area contributed by atoms with Crippen molar-refractivity contribution in [2.45, 2.75) is 11.8 Å². The number of rotatable bonds is 3. The maximum Gasteiger partial charge on any atom is 0.296 e. The third-order valence-electron chi connectivity index (χ3n) is 2.47. The standard InChI is InChI=1S/C9H8N2O5S.ClH/c1-7-8(10-5-12)3-2-4-9(7,11-6-13)17(14,15)16;/h2-4,7H,1H3,(H,14,15,16);1H. The van der Waals surface area contributed by atoms with E-state index in [2.05, 4.69) is 9.98 Å². The first kappa shape index (κ1) is 16.4. The van der Waals surface area contributed by atoms with Gasteiger partial charge < -0.3 is 0 Å². The Hall–Kier alpha value is -1.56. The van der Waals surface area contributed by atoms with Crippen LogP contribution in [0.5, 0.6) is 0 Å². The zero-order chi connectivity index (χ0) is 13.1. The van der Waals surface area contributed by atoms with Crippen molar-refractivity contribution < 1.29 is 22.6 Å². The number of isocyanates is 2. The van der Waals surface area contributed by atoms with E-state index in [0.29, 0.717) is 0 Å². The molecule has 2 unspecified atom stereocenters. The fraction of sp³-hybridized carbons (Fsp3) is 0.333. The molecule has 1 aliphatic rings. The van der Waals surface area contributed by atoms with Crippen molar-refractivity contribution in [2.24, 2.45) is 15.9 Å². The summed E-state index contributed by atoms with van der Waals surface area (Å²) in [6.07, 6.45) is 5.97. The molecule has 1 rings (SSSR count). The van der Waals surface area contributed by atoms with Gasteiger partial charge in [-0.25, -0.2) is 9.59 Å². The first-order chi connectivity index (χ1) is 7.89. The summed E-state index contributed by atoms with van der Waals surface area (Å²) in [5.41, 5.74) is 0.0409. The number of nitrogens with zero attached hydrogens (tertiary/aromatic N) is 2. The smallest absolute Gasteiger partial charge is 0.283 e. The van der Waals surface area contributed by atoms with Crippen LogP contribution >= 0.6 is 12.4 Å². The highest BCUT2D eigenvalue weighted by molar-refractivity contribution is 7.87. The molecule has 0 fully saturated rings. The van der Waals surface area contributed by atoms with Gasteiger partial charge in [0.15, 0.2) is 0 Å². The quantitative estimate of drug-likeness (QED) is 0.468. The molecule has 0 aliphatic heterocycles. The van der Waals surface area contributed by atoms with Crippen molar-refractivity contribution >= 4 is 34.7 Å². The summed E-state index contributed by atoms with van der Waals surface area (Å²) in [4.78, 5) is 24.7. The van der Waals surface area contributed by atoms with E-state index in [1.54, 1.807) is 0 Å². The second-order valence-electron chi connectivity index (χ2n) is 3.31. The zero-order valence-corrected chi connectivity index (χ0v) is 10.7. The van der Waals surface area contributed by atoms with Gasteiger partial charge in [0.1, 0.15) is 0 Å². The number of allylic oxidation sites excluding steroid dienone is 2. The maximum atomic E-state index is 11.3. The molecule has 2 atom stereocenters. The van der Waals surface area contributed by atoms with Crippen molar-refractivity contribution in [3.05, 3.63) is 23.9 Å². The largest absolute Gasteiger partial charge is 0.296 e. The molecule has 0 spiro atoms. The van der Waals surface area contributed by atoms with Crippen molar-refractivity contribution in [3.63, 3.8) is 0 Å². The predicted octanol–water partition coefficient (Wildman–Crippen LogP) is 0.754. The molecule has 0 radical (unpaired) electrons. The van der Waals surface area contributed by atoms with Crippen LogP contribution in [0.2, 0.25) is 0 Å². The molecule has 0 aromatic rings. The number of halogens is 1. The second-order valence-corrected chi connectivity index (χ2v) is 4.91. The van der Waals surface area contributed by atoms with Crippen molar-refractivity contribution in [2.75, 3.05) is 0 Å². The second kappa shape index (κ2) is 5.86. The number of hydrogen-bond acceptors (Lipinski definition) is 6.